The van der Waals surface area contributed by atoms with Crippen molar-refractivity contribution in [3.8, 4) is 0 Å². The maximum absolute atomic E-state index is 12.5. The molecule has 0 spiro atoms. The fourth-order valence-corrected chi connectivity index (χ4v) is 3.55. The van der Waals surface area contributed by atoms with Crippen molar-refractivity contribution in [2.24, 2.45) is 0 Å². The Labute approximate surface area is 171 Å². The Hall–Kier alpha value is -1.80. The highest BCUT2D eigenvalue weighted by molar-refractivity contribution is 7.92. The molecule has 6 nitrogen and oxygen atoms in total. The van der Waals surface area contributed by atoms with Gasteiger partial charge in [0, 0.05) is 17.6 Å². The molecule has 0 aromatic heterocycles. The number of hydrogen-bond donors (Lipinski definition) is 3. The van der Waals surface area contributed by atoms with Crippen molar-refractivity contribution in [1.29, 1.82) is 0 Å². The van der Waals surface area contributed by atoms with E-state index in [1.165, 1.54) is 24.3 Å². The summed E-state index contributed by atoms with van der Waals surface area (Å²) in [6.45, 7) is 5.18. The van der Waals surface area contributed by atoms with Crippen LogP contribution in [0, 0.1) is 0 Å². The number of likely N-dealkylation sites (N-methyl/N-ethyl adjacent to an activating group) is 1. The largest absolute Gasteiger partial charge is 0.350 e. The van der Waals surface area contributed by atoms with Crippen molar-refractivity contribution in [2.45, 2.75) is 24.8 Å². The van der Waals surface area contributed by atoms with E-state index in [0.29, 0.717) is 11.6 Å². The highest BCUT2D eigenvalue weighted by Gasteiger charge is 2.18. The first-order valence-corrected chi connectivity index (χ1v) is 10.1. The van der Waals surface area contributed by atoms with E-state index in [4.69, 9.17) is 11.6 Å². The molecular weight excluding hydrogens is 409 g/mol. The van der Waals surface area contributed by atoms with Crippen LogP contribution in [0.2, 0.25) is 5.02 Å². The summed E-state index contributed by atoms with van der Waals surface area (Å²) in [5.74, 6) is -0.343. The summed E-state index contributed by atoms with van der Waals surface area (Å²) < 4.78 is 27.6. The Morgan fingerprint density at radius 2 is 1.74 bits per heavy atom. The van der Waals surface area contributed by atoms with Crippen molar-refractivity contribution >= 4 is 45.6 Å². The average molecular weight is 432 g/mol. The Morgan fingerprint density at radius 3 is 2.37 bits per heavy atom. The van der Waals surface area contributed by atoms with E-state index in [1.807, 2.05) is 13.8 Å². The number of sulfonamides is 1. The van der Waals surface area contributed by atoms with E-state index >= 15 is 0 Å². The topological polar surface area (TPSA) is 87.3 Å². The van der Waals surface area contributed by atoms with Gasteiger partial charge in [0.15, 0.2) is 0 Å². The van der Waals surface area contributed by atoms with Crippen LogP contribution in [-0.2, 0) is 10.0 Å². The van der Waals surface area contributed by atoms with Crippen molar-refractivity contribution in [2.75, 3.05) is 17.8 Å². The fraction of sp³-hybridized carbons (Fsp3) is 0.278. The Balaban J connectivity index is 0.00000364. The highest BCUT2D eigenvalue weighted by Crippen LogP contribution is 2.21. The normalized spacial score (nSPS) is 12.0. The second-order valence-corrected chi connectivity index (χ2v) is 7.89. The lowest BCUT2D eigenvalue weighted by Crippen LogP contribution is -2.39. The van der Waals surface area contributed by atoms with Gasteiger partial charge in [-0.05, 0) is 49.9 Å². The lowest BCUT2D eigenvalue weighted by molar-refractivity contribution is 0.0951. The Morgan fingerprint density at radius 1 is 1.11 bits per heavy atom. The number of para-hydroxylation sites is 1. The van der Waals surface area contributed by atoms with Crippen LogP contribution in [0.3, 0.4) is 0 Å². The van der Waals surface area contributed by atoms with Crippen LogP contribution in [0.4, 0.5) is 5.69 Å². The predicted molar refractivity (Wildman–Crippen MR) is 111 cm³/mol. The average Bonchev–Trinajstić information content (AvgIpc) is 2.60. The molecule has 27 heavy (non-hydrogen) atoms. The predicted octanol–water partition coefficient (Wildman–Crippen LogP) is 3.29. The molecule has 0 fully saturated rings. The first kappa shape index (κ1) is 23.2. The smallest absolute Gasteiger partial charge is 0.261 e. The molecule has 1 atom stereocenters. The molecule has 0 aliphatic rings. The molecule has 0 bridgehead atoms. The minimum Gasteiger partial charge on any atom is -0.350 e. The molecular formula is C18H23Cl2N3O3S. The second-order valence-electron chi connectivity index (χ2n) is 5.77. The molecule has 0 saturated heterocycles. The molecule has 2 rings (SSSR count). The molecule has 0 heterocycles. The van der Waals surface area contributed by atoms with Gasteiger partial charge in [-0.2, -0.15) is 0 Å². The van der Waals surface area contributed by atoms with Gasteiger partial charge in [0.05, 0.1) is 16.1 Å². The van der Waals surface area contributed by atoms with Crippen LogP contribution < -0.4 is 15.4 Å². The maximum atomic E-state index is 12.5. The van der Waals surface area contributed by atoms with Crippen LogP contribution in [0.15, 0.2) is 53.4 Å². The third kappa shape index (κ3) is 6.70. The zero-order chi connectivity index (χ0) is 19.2. The minimum atomic E-state index is -3.83. The molecule has 2 aromatic rings. The van der Waals surface area contributed by atoms with Crippen LogP contribution in [0.1, 0.15) is 24.2 Å². The molecule has 0 unspecified atom stereocenters. The lowest BCUT2D eigenvalue weighted by atomic mass is 10.1. The number of nitrogens with one attached hydrogen (secondary N) is 3. The van der Waals surface area contributed by atoms with Gasteiger partial charge in [-0.25, -0.2) is 8.42 Å². The summed E-state index contributed by atoms with van der Waals surface area (Å²) in [5.41, 5.74) is 0.477. The molecule has 9 heteroatoms. The summed E-state index contributed by atoms with van der Waals surface area (Å²) in [4.78, 5) is 12.5. The van der Waals surface area contributed by atoms with Crippen molar-refractivity contribution in [3.63, 3.8) is 0 Å². The van der Waals surface area contributed by atoms with Gasteiger partial charge in [0.25, 0.3) is 15.9 Å². The standard InChI is InChI=1S/C18H22ClN3O3S.ClH/c1-3-20-13(2)12-21-18(23)16-6-4-5-7-17(16)22-26(24,25)15-10-8-14(19)9-11-15;/h4-11,13,20,22H,3,12H2,1-2H3,(H,21,23);1H/t13-;/m1./s1. The molecule has 0 aliphatic carbocycles. The van der Waals surface area contributed by atoms with Gasteiger partial charge in [-0.1, -0.05) is 30.7 Å². The van der Waals surface area contributed by atoms with E-state index < -0.39 is 10.0 Å². The van der Waals surface area contributed by atoms with E-state index in [0.717, 1.165) is 6.54 Å². The molecule has 0 radical (unpaired) electrons. The first-order valence-electron chi connectivity index (χ1n) is 8.22. The zero-order valence-corrected chi connectivity index (χ0v) is 17.4. The second kappa shape index (κ2) is 10.5. The number of hydrogen-bond acceptors (Lipinski definition) is 4. The van der Waals surface area contributed by atoms with Crippen LogP contribution >= 0.6 is 24.0 Å². The number of halogens is 2. The third-order valence-corrected chi connectivity index (χ3v) is 5.29. The summed E-state index contributed by atoms with van der Waals surface area (Å²) in [7, 11) is -3.83. The maximum Gasteiger partial charge on any atom is 0.261 e. The first-order chi connectivity index (χ1) is 12.3. The minimum absolute atomic E-state index is 0. The number of carbonyl (C=O) groups excluding carboxylic acids is 1. The summed E-state index contributed by atoms with van der Waals surface area (Å²) in [5, 5.41) is 6.44. The highest BCUT2D eigenvalue weighted by atomic mass is 35.5. The molecule has 3 N–H and O–H groups in total. The Bertz CT molecular complexity index is 858. The van der Waals surface area contributed by atoms with Crippen LogP contribution in [0.5, 0.6) is 0 Å². The van der Waals surface area contributed by atoms with E-state index in [2.05, 4.69) is 15.4 Å². The van der Waals surface area contributed by atoms with Gasteiger partial charge in [-0.15, -0.1) is 12.4 Å². The summed E-state index contributed by atoms with van der Waals surface area (Å²) in [6, 6.07) is 12.4. The van der Waals surface area contributed by atoms with E-state index in [1.54, 1.807) is 24.3 Å². The van der Waals surface area contributed by atoms with Gasteiger partial charge in [-0.3, -0.25) is 9.52 Å². The quantitative estimate of drug-likeness (QED) is 0.598. The van der Waals surface area contributed by atoms with Gasteiger partial charge < -0.3 is 10.6 Å². The molecule has 1 amide bonds. The SMILES string of the molecule is CCN[C@H](C)CNC(=O)c1ccccc1NS(=O)(=O)c1ccc(Cl)cc1.Cl. The monoisotopic (exact) mass is 431 g/mol. The van der Waals surface area contributed by atoms with E-state index in [-0.39, 0.29) is 40.5 Å². The van der Waals surface area contributed by atoms with Gasteiger partial charge in [0.1, 0.15) is 0 Å². The molecule has 2 aromatic carbocycles. The van der Waals surface area contributed by atoms with Crippen LogP contribution in [-0.4, -0.2) is 33.5 Å². The van der Waals surface area contributed by atoms with Gasteiger partial charge in [0.2, 0.25) is 0 Å². The number of rotatable bonds is 8. The summed E-state index contributed by atoms with van der Waals surface area (Å²) >= 11 is 5.80. The molecule has 0 saturated carbocycles. The third-order valence-electron chi connectivity index (χ3n) is 3.66. The molecule has 0 aliphatic heterocycles. The summed E-state index contributed by atoms with van der Waals surface area (Å²) in [6.07, 6.45) is 0. The number of carbonyl (C=O) groups is 1. The molecule has 148 valence electrons. The fourth-order valence-electron chi connectivity index (χ4n) is 2.35. The number of anilines is 1. The van der Waals surface area contributed by atoms with Crippen molar-refractivity contribution < 1.29 is 13.2 Å². The zero-order valence-electron chi connectivity index (χ0n) is 15.0. The lowest BCUT2D eigenvalue weighted by Gasteiger charge is -2.15. The van der Waals surface area contributed by atoms with Gasteiger partial charge >= 0.3 is 0 Å². The number of benzene rings is 2. The Kier molecular flexibility index (Phi) is 9.05. The van der Waals surface area contributed by atoms with Crippen molar-refractivity contribution in [3.05, 3.63) is 59.1 Å². The number of amides is 1. The van der Waals surface area contributed by atoms with Crippen molar-refractivity contribution in [1.82, 2.24) is 10.6 Å². The van der Waals surface area contributed by atoms with Crippen LogP contribution in [0.25, 0.3) is 0 Å². The van der Waals surface area contributed by atoms with E-state index in [9.17, 15) is 13.2 Å².